The van der Waals surface area contributed by atoms with Crippen LogP contribution in [-0.2, 0) is 5.60 Å². The molecule has 1 fully saturated rings. The van der Waals surface area contributed by atoms with Gasteiger partial charge in [-0.1, -0.05) is 0 Å². The number of nitrogens with one attached hydrogen (secondary N) is 1. The van der Waals surface area contributed by atoms with Gasteiger partial charge in [-0.05, 0) is 36.9 Å². The molecule has 1 saturated heterocycles. The predicted molar refractivity (Wildman–Crippen MR) is 50.4 cm³/mol. The minimum atomic E-state index is -0.592. The zero-order valence-corrected chi connectivity index (χ0v) is 7.95. The predicted octanol–water partition coefficient (Wildman–Crippen LogP) is 1.24. The first-order chi connectivity index (χ1) is 5.71. The quantitative estimate of drug-likeness (QED) is 0.686. The first kappa shape index (κ1) is 8.23. The number of aliphatic hydroxyl groups is 1. The average Bonchev–Trinajstić information content (AvgIpc) is 2.59. The maximum atomic E-state index is 10.1. The lowest BCUT2D eigenvalue weighted by Gasteiger charge is -2.19. The molecule has 1 aromatic heterocycles. The zero-order chi connectivity index (χ0) is 8.60. The Bertz CT molecular complexity index is 276. The molecule has 0 spiro atoms. The molecule has 0 bridgehead atoms. The van der Waals surface area contributed by atoms with E-state index in [2.05, 4.69) is 23.7 Å². The molecule has 2 heterocycles. The number of aryl methyl sites for hydroxylation is 1. The van der Waals surface area contributed by atoms with E-state index in [0.29, 0.717) is 6.54 Å². The SMILES string of the molecule is Cc1cc(C2(O)CCNC2)cs1. The van der Waals surface area contributed by atoms with Crippen LogP contribution in [0.5, 0.6) is 0 Å². The van der Waals surface area contributed by atoms with Gasteiger partial charge in [-0.3, -0.25) is 0 Å². The van der Waals surface area contributed by atoms with Crippen molar-refractivity contribution in [2.45, 2.75) is 18.9 Å². The number of hydrogen-bond donors (Lipinski definition) is 2. The number of β-amino-alcohol motifs (C(OH)–C–C–N with tert-alkyl or cyclic N) is 1. The molecule has 1 aliphatic rings. The highest BCUT2D eigenvalue weighted by Gasteiger charge is 2.33. The van der Waals surface area contributed by atoms with Gasteiger partial charge in [0.25, 0.3) is 0 Å². The molecule has 1 aliphatic heterocycles. The minimum absolute atomic E-state index is 0.592. The summed E-state index contributed by atoms with van der Waals surface area (Å²) in [4.78, 5) is 1.27. The molecule has 0 saturated carbocycles. The van der Waals surface area contributed by atoms with Gasteiger partial charge in [0.2, 0.25) is 0 Å². The van der Waals surface area contributed by atoms with Gasteiger partial charge < -0.3 is 10.4 Å². The first-order valence-corrected chi connectivity index (χ1v) is 5.07. The van der Waals surface area contributed by atoms with E-state index in [4.69, 9.17) is 0 Å². The summed E-state index contributed by atoms with van der Waals surface area (Å²) >= 11 is 1.70. The molecular weight excluding hydrogens is 170 g/mol. The molecule has 0 aliphatic carbocycles. The molecule has 66 valence electrons. The smallest absolute Gasteiger partial charge is 0.104 e. The Hall–Kier alpha value is -0.380. The molecule has 12 heavy (non-hydrogen) atoms. The van der Waals surface area contributed by atoms with Crippen molar-refractivity contribution in [2.24, 2.45) is 0 Å². The van der Waals surface area contributed by atoms with Crippen LogP contribution in [0.15, 0.2) is 11.4 Å². The van der Waals surface area contributed by atoms with Gasteiger partial charge in [0.1, 0.15) is 5.60 Å². The van der Waals surface area contributed by atoms with Gasteiger partial charge in [0.15, 0.2) is 0 Å². The van der Waals surface area contributed by atoms with Crippen molar-refractivity contribution in [3.8, 4) is 0 Å². The van der Waals surface area contributed by atoms with Crippen LogP contribution in [0.1, 0.15) is 16.9 Å². The Morgan fingerprint density at radius 3 is 3.00 bits per heavy atom. The van der Waals surface area contributed by atoms with Gasteiger partial charge in [0.05, 0.1) is 0 Å². The highest BCUT2D eigenvalue weighted by Crippen LogP contribution is 2.30. The summed E-state index contributed by atoms with van der Waals surface area (Å²) in [7, 11) is 0. The molecule has 2 rings (SSSR count). The number of hydrogen-bond acceptors (Lipinski definition) is 3. The first-order valence-electron chi connectivity index (χ1n) is 4.19. The molecule has 3 heteroatoms. The van der Waals surface area contributed by atoms with Crippen molar-refractivity contribution in [1.82, 2.24) is 5.32 Å². The fourth-order valence-corrected chi connectivity index (χ4v) is 2.41. The monoisotopic (exact) mass is 183 g/mol. The van der Waals surface area contributed by atoms with E-state index in [0.717, 1.165) is 18.5 Å². The lowest BCUT2D eigenvalue weighted by atomic mass is 9.96. The number of rotatable bonds is 1. The fraction of sp³-hybridized carbons (Fsp3) is 0.556. The Kier molecular flexibility index (Phi) is 1.94. The molecule has 1 atom stereocenters. The average molecular weight is 183 g/mol. The molecule has 1 aromatic rings. The van der Waals surface area contributed by atoms with Crippen LogP contribution < -0.4 is 5.32 Å². The highest BCUT2D eigenvalue weighted by molar-refractivity contribution is 7.10. The molecule has 0 amide bonds. The summed E-state index contributed by atoms with van der Waals surface area (Å²) in [5.41, 5.74) is 0.486. The second kappa shape index (κ2) is 2.83. The fourth-order valence-electron chi connectivity index (χ4n) is 1.61. The number of thiophene rings is 1. The van der Waals surface area contributed by atoms with Crippen LogP contribution in [0, 0.1) is 6.92 Å². The van der Waals surface area contributed by atoms with Crippen molar-refractivity contribution in [3.05, 3.63) is 21.9 Å². The van der Waals surface area contributed by atoms with Crippen LogP contribution in [0.3, 0.4) is 0 Å². The van der Waals surface area contributed by atoms with Crippen LogP contribution in [-0.4, -0.2) is 18.2 Å². The van der Waals surface area contributed by atoms with E-state index in [9.17, 15) is 5.11 Å². The topological polar surface area (TPSA) is 32.3 Å². The summed E-state index contributed by atoms with van der Waals surface area (Å²) in [5.74, 6) is 0. The van der Waals surface area contributed by atoms with Crippen molar-refractivity contribution in [1.29, 1.82) is 0 Å². The third kappa shape index (κ3) is 1.28. The van der Waals surface area contributed by atoms with Crippen molar-refractivity contribution >= 4 is 11.3 Å². The van der Waals surface area contributed by atoms with Crippen LogP contribution in [0.4, 0.5) is 0 Å². The lowest BCUT2D eigenvalue weighted by Crippen LogP contribution is -2.27. The van der Waals surface area contributed by atoms with E-state index in [1.54, 1.807) is 11.3 Å². The second-order valence-corrected chi connectivity index (χ2v) is 4.52. The molecule has 2 N–H and O–H groups in total. The van der Waals surface area contributed by atoms with Crippen LogP contribution >= 0.6 is 11.3 Å². The van der Waals surface area contributed by atoms with Gasteiger partial charge in [0, 0.05) is 11.4 Å². The van der Waals surface area contributed by atoms with E-state index < -0.39 is 5.60 Å². The summed E-state index contributed by atoms with van der Waals surface area (Å²) < 4.78 is 0. The van der Waals surface area contributed by atoms with Crippen LogP contribution in [0.2, 0.25) is 0 Å². The van der Waals surface area contributed by atoms with Gasteiger partial charge in [-0.2, -0.15) is 0 Å². The molecule has 2 nitrogen and oxygen atoms in total. The minimum Gasteiger partial charge on any atom is -0.384 e. The van der Waals surface area contributed by atoms with Gasteiger partial charge >= 0.3 is 0 Å². The summed E-state index contributed by atoms with van der Waals surface area (Å²) in [6.07, 6.45) is 0.836. The van der Waals surface area contributed by atoms with Crippen molar-refractivity contribution in [3.63, 3.8) is 0 Å². The molecular formula is C9H13NOS. The highest BCUT2D eigenvalue weighted by atomic mass is 32.1. The summed E-state index contributed by atoms with van der Waals surface area (Å²) in [5, 5.41) is 15.4. The Morgan fingerprint density at radius 2 is 2.50 bits per heavy atom. The molecule has 0 aromatic carbocycles. The molecule has 1 unspecified atom stereocenters. The molecule has 0 radical (unpaired) electrons. The maximum absolute atomic E-state index is 10.1. The Balaban J connectivity index is 2.28. The van der Waals surface area contributed by atoms with Crippen molar-refractivity contribution in [2.75, 3.05) is 13.1 Å². The summed E-state index contributed by atoms with van der Waals surface area (Å²) in [6, 6.07) is 2.08. The van der Waals surface area contributed by atoms with E-state index in [-0.39, 0.29) is 0 Å². The van der Waals surface area contributed by atoms with Crippen molar-refractivity contribution < 1.29 is 5.11 Å². The van der Waals surface area contributed by atoms with Gasteiger partial charge in [-0.25, -0.2) is 0 Å². The van der Waals surface area contributed by atoms with E-state index >= 15 is 0 Å². The summed E-state index contributed by atoms with van der Waals surface area (Å²) in [6.45, 7) is 3.69. The van der Waals surface area contributed by atoms with E-state index in [1.807, 2.05) is 0 Å². The Morgan fingerprint density at radius 1 is 1.67 bits per heavy atom. The van der Waals surface area contributed by atoms with Crippen LogP contribution in [0.25, 0.3) is 0 Å². The zero-order valence-electron chi connectivity index (χ0n) is 7.13. The standard InChI is InChI=1S/C9H13NOS/c1-7-4-8(5-12-7)9(11)2-3-10-6-9/h4-5,10-11H,2-3,6H2,1H3. The normalized spacial score (nSPS) is 29.5. The largest absolute Gasteiger partial charge is 0.384 e. The second-order valence-electron chi connectivity index (χ2n) is 3.40. The third-order valence-corrected chi connectivity index (χ3v) is 3.26. The lowest BCUT2D eigenvalue weighted by molar-refractivity contribution is 0.0592. The Labute approximate surface area is 76.2 Å². The third-order valence-electron chi connectivity index (χ3n) is 2.40. The van der Waals surface area contributed by atoms with Gasteiger partial charge in [-0.15, -0.1) is 11.3 Å². The van der Waals surface area contributed by atoms with E-state index in [1.165, 1.54) is 4.88 Å². The maximum Gasteiger partial charge on any atom is 0.104 e.